The predicted octanol–water partition coefficient (Wildman–Crippen LogP) is 1.20. The number of hydrogen-bond acceptors (Lipinski definition) is 4. The number of carboxylic acid groups (broad SMARTS) is 1. The molecule has 2 aliphatic rings. The first-order valence-electron chi connectivity index (χ1n) is 7.38. The molecular weight excluding hydrogens is 292 g/mol. The van der Waals surface area contributed by atoms with Gasteiger partial charge in [0, 0.05) is 12.2 Å². The molecule has 0 aliphatic carbocycles. The highest BCUT2D eigenvalue weighted by Gasteiger charge is 2.53. The van der Waals surface area contributed by atoms with Crippen LogP contribution in [0.15, 0.2) is 0 Å². The third-order valence-electron chi connectivity index (χ3n) is 4.21. The number of nitrogens with zero attached hydrogens (tertiary/aromatic N) is 1. The largest absolute Gasteiger partial charge is 0.480 e. The molecule has 0 aromatic heterocycles. The van der Waals surface area contributed by atoms with Crippen LogP contribution >= 0.6 is 11.8 Å². The normalized spacial score (nSPS) is 29.3. The molecule has 6 nitrogen and oxygen atoms in total. The standard InChI is InChI=1S/C14H22N2O4S/c1-3-4-5-9(13(19)20)15-12(18)10-8-21-14(2)7-6-11(17)16(10)14/h9-10H,3-8H2,1-2H3,(H,15,18)(H,19,20). The molecule has 2 heterocycles. The highest BCUT2D eigenvalue weighted by Crippen LogP contribution is 2.47. The van der Waals surface area contributed by atoms with E-state index in [0.29, 0.717) is 18.6 Å². The third kappa shape index (κ3) is 3.17. The summed E-state index contributed by atoms with van der Waals surface area (Å²) in [5.74, 6) is -0.834. The summed E-state index contributed by atoms with van der Waals surface area (Å²) in [5, 5.41) is 11.8. The van der Waals surface area contributed by atoms with Crippen LogP contribution in [-0.4, -0.2) is 50.5 Å². The highest BCUT2D eigenvalue weighted by atomic mass is 32.2. The Bertz CT molecular complexity index is 456. The minimum atomic E-state index is -1.02. The van der Waals surface area contributed by atoms with Crippen LogP contribution in [0.3, 0.4) is 0 Å². The predicted molar refractivity (Wildman–Crippen MR) is 79.8 cm³/mol. The monoisotopic (exact) mass is 314 g/mol. The smallest absolute Gasteiger partial charge is 0.326 e. The average Bonchev–Trinajstić information content (AvgIpc) is 2.91. The Kier molecular flexibility index (Phi) is 4.81. The van der Waals surface area contributed by atoms with Crippen LogP contribution in [0.25, 0.3) is 0 Å². The summed E-state index contributed by atoms with van der Waals surface area (Å²) in [7, 11) is 0. The van der Waals surface area contributed by atoms with Crippen LogP contribution in [0.4, 0.5) is 0 Å². The van der Waals surface area contributed by atoms with E-state index in [1.165, 1.54) is 0 Å². The van der Waals surface area contributed by atoms with Gasteiger partial charge in [-0.15, -0.1) is 11.8 Å². The Morgan fingerprint density at radius 1 is 1.57 bits per heavy atom. The van der Waals surface area contributed by atoms with Crippen molar-refractivity contribution in [2.45, 2.75) is 62.9 Å². The summed E-state index contributed by atoms with van der Waals surface area (Å²) < 4.78 is 0. The average molecular weight is 314 g/mol. The van der Waals surface area contributed by atoms with Crippen LogP contribution in [0.5, 0.6) is 0 Å². The lowest BCUT2D eigenvalue weighted by molar-refractivity contribution is -0.144. The molecule has 2 aliphatic heterocycles. The summed E-state index contributed by atoms with van der Waals surface area (Å²) in [6.07, 6.45) is 3.26. The molecule has 0 bridgehead atoms. The molecule has 2 rings (SSSR count). The van der Waals surface area contributed by atoms with Gasteiger partial charge in [0.15, 0.2) is 0 Å². The molecule has 0 aromatic rings. The third-order valence-corrected chi connectivity index (χ3v) is 5.71. The maximum absolute atomic E-state index is 12.4. The van der Waals surface area contributed by atoms with Gasteiger partial charge >= 0.3 is 5.97 Å². The van der Waals surface area contributed by atoms with E-state index in [0.717, 1.165) is 19.3 Å². The maximum Gasteiger partial charge on any atom is 0.326 e. The van der Waals surface area contributed by atoms with Gasteiger partial charge in [-0.25, -0.2) is 4.79 Å². The number of carboxylic acids is 1. The van der Waals surface area contributed by atoms with Gasteiger partial charge in [-0.3, -0.25) is 9.59 Å². The second kappa shape index (κ2) is 6.25. The van der Waals surface area contributed by atoms with Crippen molar-refractivity contribution in [3.05, 3.63) is 0 Å². The van der Waals surface area contributed by atoms with E-state index in [1.54, 1.807) is 16.7 Å². The highest BCUT2D eigenvalue weighted by molar-refractivity contribution is 8.01. The maximum atomic E-state index is 12.4. The van der Waals surface area contributed by atoms with Gasteiger partial charge in [-0.05, 0) is 19.8 Å². The van der Waals surface area contributed by atoms with Gasteiger partial charge in [0.1, 0.15) is 12.1 Å². The Balaban J connectivity index is 2.03. The summed E-state index contributed by atoms with van der Waals surface area (Å²) in [4.78, 5) is 36.9. The number of unbranched alkanes of at least 4 members (excludes halogenated alkanes) is 1. The van der Waals surface area contributed by atoms with E-state index in [9.17, 15) is 19.5 Å². The summed E-state index contributed by atoms with van der Waals surface area (Å²) in [6.45, 7) is 3.95. The minimum Gasteiger partial charge on any atom is -0.480 e. The molecule has 0 saturated carbocycles. The molecule has 21 heavy (non-hydrogen) atoms. The van der Waals surface area contributed by atoms with Crippen molar-refractivity contribution >= 4 is 29.5 Å². The lowest BCUT2D eigenvalue weighted by Gasteiger charge is -2.30. The Labute approximate surface area is 128 Å². The van der Waals surface area contributed by atoms with E-state index >= 15 is 0 Å². The number of hydrogen-bond donors (Lipinski definition) is 2. The van der Waals surface area contributed by atoms with Crippen LogP contribution in [0, 0.1) is 0 Å². The van der Waals surface area contributed by atoms with E-state index < -0.39 is 18.1 Å². The Hall–Kier alpha value is -1.24. The molecule has 0 radical (unpaired) electrons. The van der Waals surface area contributed by atoms with Crippen molar-refractivity contribution in [3.63, 3.8) is 0 Å². The summed E-state index contributed by atoms with van der Waals surface area (Å²) in [6, 6.07) is -1.41. The van der Waals surface area contributed by atoms with Crippen LogP contribution < -0.4 is 5.32 Å². The van der Waals surface area contributed by atoms with Crippen LogP contribution in [0.1, 0.15) is 46.0 Å². The first-order chi connectivity index (χ1) is 9.89. The van der Waals surface area contributed by atoms with Gasteiger partial charge in [0.05, 0.1) is 4.87 Å². The number of carbonyl (C=O) groups excluding carboxylic acids is 2. The SMILES string of the molecule is CCCCC(NC(=O)C1CSC2(C)CCC(=O)N12)C(=O)O. The van der Waals surface area contributed by atoms with E-state index in [-0.39, 0.29) is 16.7 Å². The molecule has 2 saturated heterocycles. The zero-order valence-electron chi connectivity index (χ0n) is 12.4. The fourth-order valence-electron chi connectivity index (χ4n) is 2.95. The topological polar surface area (TPSA) is 86.7 Å². The number of amides is 2. The minimum absolute atomic E-state index is 0.0110. The number of rotatable bonds is 6. The molecule has 2 fully saturated rings. The van der Waals surface area contributed by atoms with Crippen molar-refractivity contribution in [3.8, 4) is 0 Å². The Morgan fingerprint density at radius 3 is 2.90 bits per heavy atom. The number of fused-ring (bicyclic) bond motifs is 1. The molecule has 7 heteroatoms. The molecule has 2 amide bonds. The molecule has 2 N–H and O–H groups in total. The second-order valence-corrected chi connectivity index (χ2v) is 7.31. The van der Waals surface area contributed by atoms with E-state index in [1.807, 2.05) is 13.8 Å². The van der Waals surface area contributed by atoms with Crippen LogP contribution in [0.2, 0.25) is 0 Å². The lowest BCUT2D eigenvalue weighted by atomic mass is 10.1. The van der Waals surface area contributed by atoms with Gasteiger partial charge in [0.25, 0.3) is 0 Å². The fraction of sp³-hybridized carbons (Fsp3) is 0.786. The molecular formula is C14H22N2O4S. The van der Waals surface area contributed by atoms with Gasteiger partial charge < -0.3 is 15.3 Å². The summed E-state index contributed by atoms with van der Waals surface area (Å²) in [5.41, 5.74) is 0. The van der Waals surface area contributed by atoms with Gasteiger partial charge in [-0.1, -0.05) is 19.8 Å². The van der Waals surface area contributed by atoms with Crippen molar-refractivity contribution in [2.75, 3.05) is 5.75 Å². The first-order valence-corrected chi connectivity index (χ1v) is 8.37. The van der Waals surface area contributed by atoms with Crippen molar-refractivity contribution in [1.29, 1.82) is 0 Å². The number of thioether (sulfide) groups is 1. The van der Waals surface area contributed by atoms with Gasteiger partial charge in [0.2, 0.25) is 11.8 Å². The Morgan fingerprint density at radius 2 is 2.29 bits per heavy atom. The van der Waals surface area contributed by atoms with Crippen molar-refractivity contribution < 1.29 is 19.5 Å². The zero-order chi connectivity index (χ0) is 15.6. The fourth-order valence-corrected chi connectivity index (χ4v) is 4.38. The molecule has 3 unspecified atom stereocenters. The van der Waals surface area contributed by atoms with Crippen LogP contribution in [-0.2, 0) is 14.4 Å². The first kappa shape index (κ1) is 16.1. The van der Waals surface area contributed by atoms with E-state index in [4.69, 9.17) is 0 Å². The van der Waals surface area contributed by atoms with Crippen molar-refractivity contribution in [1.82, 2.24) is 10.2 Å². The number of aliphatic carboxylic acids is 1. The molecule has 0 aromatic carbocycles. The second-order valence-electron chi connectivity index (χ2n) is 5.81. The van der Waals surface area contributed by atoms with Gasteiger partial charge in [-0.2, -0.15) is 0 Å². The molecule has 3 atom stereocenters. The van der Waals surface area contributed by atoms with E-state index in [2.05, 4.69) is 5.32 Å². The lowest BCUT2D eigenvalue weighted by Crippen LogP contribution is -2.53. The summed E-state index contributed by atoms with van der Waals surface area (Å²) >= 11 is 1.61. The molecule has 0 spiro atoms. The van der Waals surface area contributed by atoms with Crippen molar-refractivity contribution in [2.24, 2.45) is 0 Å². The zero-order valence-corrected chi connectivity index (χ0v) is 13.2. The molecule has 118 valence electrons. The number of nitrogens with one attached hydrogen (secondary N) is 1. The quantitative estimate of drug-likeness (QED) is 0.769. The number of carbonyl (C=O) groups is 3.